The lowest BCUT2D eigenvalue weighted by Crippen LogP contribution is -2.48. The number of carbonyl (C=O) groups excluding carboxylic acids is 2. The molecule has 1 rings (SSSR count). The molecule has 1 aliphatic rings. The summed E-state index contributed by atoms with van der Waals surface area (Å²) in [4.78, 5) is 25.0. The fraction of sp³-hybridized carbons (Fsp3) is 0.833. The van der Waals surface area contributed by atoms with E-state index in [0.29, 0.717) is 19.1 Å². The van der Waals surface area contributed by atoms with Crippen LogP contribution in [0.2, 0.25) is 0 Å². The topological polar surface area (TPSA) is 73.5 Å². The largest absolute Gasteiger partial charge is 0.338 e. The Bertz CT molecular complexity index is 275. The molecule has 0 unspecified atom stereocenters. The molecule has 0 bridgehead atoms. The molecule has 3 N–H and O–H groups in total. The van der Waals surface area contributed by atoms with Crippen molar-refractivity contribution in [2.45, 2.75) is 32.2 Å². The van der Waals surface area contributed by atoms with Crippen molar-refractivity contribution in [3.8, 4) is 0 Å². The molecule has 0 atom stereocenters. The monoisotopic (exact) mass is 256 g/mol. The summed E-state index contributed by atoms with van der Waals surface area (Å²) in [5.74, 6) is -0.230. The number of likely N-dealkylation sites (tertiary alicyclic amines) is 1. The van der Waals surface area contributed by atoms with Gasteiger partial charge in [-0.3, -0.25) is 15.0 Å². The smallest absolute Gasteiger partial charge is 0.321 e. The van der Waals surface area contributed by atoms with E-state index in [-0.39, 0.29) is 5.91 Å². The van der Waals surface area contributed by atoms with Gasteiger partial charge >= 0.3 is 6.03 Å². The number of carbonyl (C=O) groups is 2. The molecule has 0 aromatic rings. The number of urea groups is 1. The number of rotatable bonds is 5. The second-order valence-electron chi connectivity index (χ2n) is 4.64. The van der Waals surface area contributed by atoms with Gasteiger partial charge < -0.3 is 10.6 Å². The van der Waals surface area contributed by atoms with Gasteiger partial charge in [-0.25, -0.2) is 4.79 Å². The fourth-order valence-corrected chi connectivity index (χ4v) is 2.03. The van der Waals surface area contributed by atoms with Gasteiger partial charge in [-0.1, -0.05) is 6.92 Å². The minimum atomic E-state index is -0.396. The molecule has 0 radical (unpaired) electrons. The molecule has 104 valence electrons. The van der Waals surface area contributed by atoms with Crippen LogP contribution in [0.3, 0.4) is 0 Å². The van der Waals surface area contributed by atoms with Gasteiger partial charge in [0.05, 0.1) is 6.54 Å². The van der Waals surface area contributed by atoms with Crippen molar-refractivity contribution in [2.24, 2.45) is 0 Å². The highest BCUT2D eigenvalue weighted by Gasteiger charge is 2.20. The van der Waals surface area contributed by atoms with Crippen LogP contribution in [0.1, 0.15) is 26.2 Å². The molecular weight excluding hydrogens is 232 g/mol. The van der Waals surface area contributed by atoms with E-state index < -0.39 is 6.03 Å². The zero-order chi connectivity index (χ0) is 13.4. The molecule has 6 nitrogen and oxygen atoms in total. The second kappa shape index (κ2) is 8.05. The summed E-state index contributed by atoms with van der Waals surface area (Å²) in [6.07, 6.45) is 2.96. The summed E-state index contributed by atoms with van der Waals surface area (Å²) in [5, 5.41) is 8.20. The Hall–Kier alpha value is -1.14. The Morgan fingerprint density at radius 1 is 1.28 bits per heavy atom. The molecule has 18 heavy (non-hydrogen) atoms. The molecule has 1 aliphatic heterocycles. The zero-order valence-corrected chi connectivity index (χ0v) is 11.3. The van der Waals surface area contributed by atoms with E-state index in [1.54, 1.807) is 0 Å². The Morgan fingerprint density at radius 3 is 2.50 bits per heavy atom. The summed E-state index contributed by atoms with van der Waals surface area (Å²) in [6.45, 7) is 4.65. The standard InChI is InChI=1S/C12H24N4O2/c1-3-6-14-12(18)15-11(17)9-16-7-4-10(13-2)5-8-16/h10,13H,3-9H2,1-2H3,(H2,14,15,17,18). The van der Waals surface area contributed by atoms with Gasteiger partial charge in [0.1, 0.15) is 0 Å². The normalized spacial score (nSPS) is 17.4. The fourth-order valence-electron chi connectivity index (χ4n) is 2.03. The van der Waals surface area contributed by atoms with Crippen molar-refractivity contribution in [3.05, 3.63) is 0 Å². The Morgan fingerprint density at radius 2 is 1.94 bits per heavy atom. The van der Waals surface area contributed by atoms with E-state index >= 15 is 0 Å². The lowest BCUT2D eigenvalue weighted by Gasteiger charge is -2.31. The number of hydrogen-bond acceptors (Lipinski definition) is 4. The van der Waals surface area contributed by atoms with Crippen molar-refractivity contribution < 1.29 is 9.59 Å². The Labute approximate surface area is 108 Å². The van der Waals surface area contributed by atoms with E-state index in [2.05, 4.69) is 20.9 Å². The Balaban J connectivity index is 2.18. The molecule has 0 spiro atoms. The van der Waals surface area contributed by atoms with Crippen molar-refractivity contribution in [3.63, 3.8) is 0 Å². The zero-order valence-electron chi connectivity index (χ0n) is 11.3. The van der Waals surface area contributed by atoms with Crippen molar-refractivity contribution in [1.29, 1.82) is 0 Å². The third-order valence-electron chi connectivity index (χ3n) is 3.15. The maximum absolute atomic E-state index is 11.6. The van der Waals surface area contributed by atoms with Gasteiger partial charge in [-0.15, -0.1) is 0 Å². The summed E-state index contributed by atoms with van der Waals surface area (Å²) < 4.78 is 0. The van der Waals surface area contributed by atoms with Gasteiger partial charge in [-0.2, -0.15) is 0 Å². The summed E-state index contributed by atoms with van der Waals surface area (Å²) in [7, 11) is 1.96. The van der Waals surface area contributed by atoms with Gasteiger partial charge in [0.2, 0.25) is 5.91 Å². The van der Waals surface area contributed by atoms with Crippen LogP contribution in [0.4, 0.5) is 4.79 Å². The van der Waals surface area contributed by atoms with Gasteiger partial charge in [-0.05, 0) is 26.3 Å². The first kappa shape index (κ1) is 14.9. The first-order chi connectivity index (χ1) is 8.65. The third-order valence-corrected chi connectivity index (χ3v) is 3.15. The second-order valence-corrected chi connectivity index (χ2v) is 4.64. The van der Waals surface area contributed by atoms with E-state index in [1.807, 2.05) is 14.0 Å². The average Bonchev–Trinajstić information content (AvgIpc) is 2.37. The van der Waals surface area contributed by atoms with Gasteiger partial charge in [0.15, 0.2) is 0 Å². The number of imide groups is 1. The van der Waals surface area contributed by atoms with Crippen LogP contribution in [0, 0.1) is 0 Å². The van der Waals surface area contributed by atoms with Crippen LogP contribution in [0.15, 0.2) is 0 Å². The molecule has 0 aromatic carbocycles. The van der Waals surface area contributed by atoms with Crippen molar-refractivity contribution in [1.82, 2.24) is 20.9 Å². The maximum Gasteiger partial charge on any atom is 0.321 e. The molecule has 3 amide bonds. The van der Waals surface area contributed by atoms with Gasteiger partial charge in [0.25, 0.3) is 0 Å². The highest BCUT2D eigenvalue weighted by Crippen LogP contribution is 2.08. The number of amides is 3. The van der Waals surface area contributed by atoms with Crippen LogP contribution in [0.25, 0.3) is 0 Å². The van der Waals surface area contributed by atoms with E-state index in [0.717, 1.165) is 32.4 Å². The highest BCUT2D eigenvalue weighted by molar-refractivity contribution is 5.95. The summed E-state index contributed by atoms with van der Waals surface area (Å²) in [5.41, 5.74) is 0. The number of nitrogens with zero attached hydrogens (tertiary/aromatic N) is 1. The maximum atomic E-state index is 11.6. The quantitative estimate of drug-likeness (QED) is 0.642. The third kappa shape index (κ3) is 5.46. The van der Waals surface area contributed by atoms with Crippen LogP contribution in [0.5, 0.6) is 0 Å². The Kier molecular flexibility index (Phi) is 6.67. The van der Waals surface area contributed by atoms with Crippen molar-refractivity contribution >= 4 is 11.9 Å². The molecule has 0 aromatic heterocycles. The van der Waals surface area contributed by atoms with E-state index in [1.165, 1.54) is 0 Å². The predicted octanol–water partition coefficient (Wildman–Crippen LogP) is -0.0940. The summed E-state index contributed by atoms with van der Waals surface area (Å²) >= 11 is 0. The first-order valence-corrected chi connectivity index (χ1v) is 6.63. The molecule has 1 saturated heterocycles. The molecule has 1 heterocycles. The van der Waals surface area contributed by atoms with Crippen LogP contribution in [-0.2, 0) is 4.79 Å². The molecule has 1 fully saturated rings. The summed E-state index contributed by atoms with van der Waals surface area (Å²) in [6, 6.07) is 0.157. The van der Waals surface area contributed by atoms with E-state index in [4.69, 9.17) is 0 Å². The highest BCUT2D eigenvalue weighted by atomic mass is 16.2. The average molecular weight is 256 g/mol. The number of hydrogen-bond donors (Lipinski definition) is 3. The minimum absolute atomic E-state index is 0.230. The van der Waals surface area contributed by atoms with Crippen LogP contribution < -0.4 is 16.0 Å². The van der Waals surface area contributed by atoms with Gasteiger partial charge in [0, 0.05) is 25.7 Å². The minimum Gasteiger partial charge on any atom is -0.338 e. The van der Waals surface area contributed by atoms with E-state index in [9.17, 15) is 9.59 Å². The van der Waals surface area contributed by atoms with Crippen molar-refractivity contribution in [2.75, 3.05) is 33.2 Å². The van der Waals surface area contributed by atoms with Crippen LogP contribution >= 0.6 is 0 Å². The number of piperidine rings is 1. The SMILES string of the molecule is CCCNC(=O)NC(=O)CN1CCC(NC)CC1. The lowest BCUT2D eigenvalue weighted by atomic mass is 10.1. The van der Waals surface area contributed by atoms with Crippen LogP contribution in [-0.4, -0.2) is 56.1 Å². The molecule has 0 saturated carbocycles. The molecular formula is C12H24N4O2. The molecule has 6 heteroatoms. The predicted molar refractivity (Wildman–Crippen MR) is 70.4 cm³/mol. The first-order valence-electron chi connectivity index (χ1n) is 6.63. The number of nitrogens with one attached hydrogen (secondary N) is 3. The molecule has 0 aliphatic carbocycles. The lowest BCUT2D eigenvalue weighted by molar-refractivity contribution is -0.121.